The summed E-state index contributed by atoms with van der Waals surface area (Å²) in [6.07, 6.45) is 0.297. The molecule has 0 saturated heterocycles. The van der Waals surface area contributed by atoms with Crippen molar-refractivity contribution in [2.75, 3.05) is 6.61 Å². The molecule has 30 heavy (non-hydrogen) atoms. The number of hydrogen-bond acceptors (Lipinski definition) is 6. The standard InChI is InChI=1S/C15H19BrN2O8S2.2Na.2H/c1-4-26-15(2,3)8-9-5-13(19)18(17-9)14-11(16)6-10(27(20,21)22)7-12(14)28(23,24)25;;;;/h5-7,17H,4,8H2,1-3H3,(H,20,21,22)(H,23,24,25);;;;. The zero-order chi connectivity index (χ0) is 21.5. The average Bonchev–Trinajstić information content (AvgIpc) is 2.83. The fraction of sp³-hybridized carbons (Fsp3) is 0.400. The minimum atomic E-state index is -4.95. The van der Waals surface area contributed by atoms with Crippen LogP contribution in [0.15, 0.2) is 37.3 Å². The van der Waals surface area contributed by atoms with Gasteiger partial charge in [0.25, 0.3) is 25.8 Å². The van der Waals surface area contributed by atoms with Crippen molar-refractivity contribution in [3.8, 4) is 5.69 Å². The molecule has 0 fully saturated rings. The third kappa shape index (κ3) is 7.52. The van der Waals surface area contributed by atoms with E-state index < -0.39 is 41.2 Å². The van der Waals surface area contributed by atoms with Crippen molar-refractivity contribution in [1.29, 1.82) is 0 Å². The van der Waals surface area contributed by atoms with Crippen molar-refractivity contribution in [3.05, 3.63) is 38.7 Å². The van der Waals surface area contributed by atoms with E-state index in [0.717, 1.165) is 10.7 Å². The first-order valence-corrected chi connectivity index (χ1v) is 11.6. The normalized spacial score (nSPS) is 12.2. The molecule has 2 aromatic rings. The Balaban J connectivity index is 0.00000420. The summed E-state index contributed by atoms with van der Waals surface area (Å²) in [7, 11) is -9.71. The van der Waals surface area contributed by atoms with E-state index in [2.05, 4.69) is 21.0 Å². The van der Waals surface area contributed by atoms with Gasteiger partial charge in [-0.1, -0.05) is 0 Å². The summed E-state index contributed by atoms with van der Waals surface area (Å²) in [6, 6.07) is 2.70. The average molecular weight is 547 g/mol. The van der Waals surface area contributed by atoms with Gasteiger partial charge in [0, 0.05) is 29.3 Å². The molecular weight excluding hydrogens is 526 g/mol. The number of rotatable bonds is 7. The Labute approximate surface area is 227 Å². The molecule has 10 nitrogen and oxygen atoms in total. The molecule has 0 aliphatic carbocycles. The first-order valence-electron chi connectivity index (χ1n) is 7.89. The second-order valence-electron chi connectivity index (χ2n) is 6.53. The fourth-order valence-electron chi connectivity index (χ4n) is 2.71. The molecule has 0 bridgehead atoms. The van der Waals surface area contributed by atoms with Gasteiger partial charge in [-0.2, -0.15) is 16.8 Å². The van der Waals surface area contributed by atoms with Crippen LogP contribution in [0.1, 0.15) is 26.5 Å². The van der Waals surface area contributed by atoms with Gasteiger partial charge in [-0.3, -0.25) is 19.0 Å². The van der Waals surface area contributed by atoms with Crippen molar-refractivity contribution in [2.24, 2.45) is 0 Å². The van der Waals surface area contributed by atoms with Gasteiger partial charge in [-0.05, 0) is 48.8 Å². The summed E-state index contributed by atoms with van der Waals surface area (Å²) < 4.78 is 71.3. The molecule has 0 amide bonds. The van der Waals surface area contributed by atoms with Crippen LogP contribution >= 0.6 is 15.9 Å². The second-order valence-corrected chi connectivity index (χ2v) is 10.2. The van der Waals surface area contributed by atoms with Crippen molar-refractivity contribution >= 4 is 95.3 Å². The molecule has 0 aliphatic heterocycles. The van der Waals surface area contributed by atoms with Gasteiger partial charge in [0.05, 0.1) is 10.5 Å². The fourth-order valence-corrected chi connectivity index (χ4v) is 4.96. The number of H-pyrrole nitrogens is 1. The maximum atomic E-state index is 12.4. The van der Waals surface area contributed by atoms with E-state index in [0.29, 0.717) is 24.8 Å². The number of aromatic amines is 1. The Hall–Kier alpha value is 0.490. The van der Waals surface area contributed by atoms with E-state index in [1.165, 1.54) is 6.07 Å². The van der Waals surface area contributed by atoms with Crippen LogP contribution < -0.4 is 5.56 Å². The number of nitrogens with zero attached hydrogens (tertiary/aromatic N) is 1. The third-order valence-corrected chi connectivity index (χ3v) is 6.03. The third-order valence-electron chi connectivity index (χ3n) is 3.73. The van der Waals surface area contributed by atoms with E-state index >= 15 is 0 Å². The van der Waals surface area contributed by atoms with Crippen LogP contribution in [-0.2, 0) is 31.4 Å². The second kappa shape index (κ2) is 11.1. The zero-order valence-electron chi connectivity index (χ0n) is 15.1. The Kier molecular flexibility index (Phi) is 11.3. The summed E-state index contributed by atoms with van der Waals surface area (Å²) in [4.78, 5) is 10.8. The summed E-state index contributed by atoms with van der Waals surface area (Å²) in [5.41, 5.74) is -1.16. The van der Waals surface area contributed by atoms with Gasteiger partial charge >= 0.3 is 59.1 Å². The first kappa shape index (κ1) is 30.5. The van der Waals surface area contributed by atoms with Crippen LogP contribution in [-0.4, -0.2) is 107 Å². The van der Waals surface area contributed by atoms with Crippen molar-refractivity contribution in [1.82, 2.24) is 9.78 Å². The van der Waals surface area contributed by atoms with E-state index in [9.17, 15) is 30.7 Å². The van der Waals surface area contributed by atoms with Crippen LogP contribution in [0.5, 0.6) is 0 Å². The van der Waals surface area contributed by atoms with Gasteiger partial charge in [0.15, 0.2) is 0 Å². The minimum absolute atomic E-state index is 0. The summed E-state index contributed by atoms with van der Waals surface area (Å²) in [5.74, 6) is 0. The number of hydrogen-bond donors (Lipinski definition) is 3. The van der Waals surface area contributed by atoms with E-state index in [1.54, 1.807) is 0 Å². The molecule has 1 aromatic carbocycles. The quantitative estimate of drug-likeness (QED) is 0.334. The molecule has 15 heteroatoms. The molecule has 3 N–H and O–H groups in total. The molecule has 0 aliphatic rings. The Morgan fingerprint density at radius 2 is 1.67 bits per heavy atom. The van der Waals surface area contributed by atoms with Gasteiger partial charge in [0.1, 0.15) is 10.6 Å². The molecule has 1 aromatic heterocycles. The van der Waals surface area contributed by atoms with Crippen molar-refractivity contribution in [2.45, 2.75) is 42.6 Å². The molecule has 0 spiro atoms. The number of nitrogens with one attached hydrogen (secondary N) is 1. The van der Waals surface area contributed by atoms with Crippen LogP contribution in [0.4, 0.5) is 0 Å². The van der Waals surface area contributed by atoms with E-state index in [4.69, 9.17) is 4.74 Å². The SMILES string of the molecule is CCOC(C)(C)Cc1cc(=O)n(-c2c(Br)cc(S(=O)(=O)O)cc2S(=O)(=O)O)[nH]1.[NaH].[NaH]. The molecule has 1 heterocycles. The molecule has 2 rings (SSSR count). The van der Waals surface area contributed by atoms with Gasteiger partial charge < -0.3 is 4.74 Å². The molecule has 0 saturated carbocycles. The Bertz CT molecular complexity index is 1170. The van der Waals surface area contributed by atoms with Gasteiger partial charge in [-0.15, -0.1) is 0 Å². The zero-order valence-corrected chi connectivity index (χ0v) is 18.4. The monoisotopic (exact) mass is 546 g/mol. The predicted molar refractivity (Wildman–Crippen MR) is 117 cm³/mol. The maximum absolute atomic E-state index is 12.4. The number of aromatic nitrogens is 2. The van der Waals surface area contributed by atoms with Crippen molar-refractivity contribution < 1.29 is 30.7 Å². The van der Waals surface area contributed by atoms with Crippen molar-refractivity contribution in [3.63, 3.8) is 0 Å². The van der Waals surface area contributed by atoms with Crippen LogP contribution in [0.2, 0.25) is 0 Å². The van der Waals surface area contributed by atoms with Crippen LogP contribution in [0.25, 0.3) is 5.69 Å². The van der Waals surface area contributed by atoms with Gasteiger partial charge in [-0.25, -0.2) is 4.68 Å². The molecular formula is C15H21BrN2Na2O8S2. The molecule has 160 valence electrons. The summed E-state index contributed by atoms with van der Waals surface area (Å²) in [6.45, 7) is 5.90. The first-order chi connectivity index (χ1) is 12.7. The molecule has 0 radical (unpaired) electrons. The number of benzene rings is 1. The summed E-state index contributed by atoms with van der Waals surface area (Å²) in [5, 5.41) is 2.73. The number of ether oxygens (including phenoxy) is 1. The van der Waals surface area contributed by atoms with Crippen LogP contribution in [0, 0.1) is 0 Å². The van der Waals surface area contributed by atoms with Crippen LogP contribution in [0.3, 0.4) is 0 Å². The summed E-state index contributed by atoms with van der Waals surface area (Å²) >= 11 is 2.99. The Morgan fingerprint density at radius 1 is 1.10 bits per heavy atom. The number of halogens is 1. The Morgan fingerprint density at radius 3 is 2.13 bits per heavy atom. The molecule has 0 atom stereocenters. The topological polar surface area (TPSA) is 156 Å². The van der Waals surface area contributed by atoms with Gasteiger partial charge in [0.2, 0.25) is 0 Å². The van der Waals surface area contributed by atoms with E-state index in [1.807, 2.05) is 20.8 Å². The molecule has 0 unspecified atom stereocenters. The predicted octanol–water partition coefficient (Wildman–Crippen LogP) is 0.482. The van der Waals surface area contributed by atoms with E-state index in [-0.39, 0.29) is 69.3 Å².